The molecule has 0 unspecified atom stereocenters. The van der Waals surface area contributed by atoms with Crippen LogP contribution in [-0.4, -0.2) is 92.5 Å². The Morgan fingerprint density at radius 1 is 1.14 bits per heavy atom. The lowest BCUT2D eigenvalue weighted by Crippen LogP contribution is -2.51. The van der Waals surface area contributed by atoms with Crippen LogP contribution < -0.4 is 0 Å². The van der Waals surface area contributed by atoms with Gasteiger partial charge in [-0.2, -0.15) is 9.41 Å². The summed E-state index contributed by atoms with van der Waals surface area (Å²) < 4.78 is 38.4. The number of carbonyl (C=O) groups is 1. The second-order valence-corrected chi connectivity index (χ2v) is 11.4. The van der Waals surface area contributed by atoms with E-state index in [0.29, 0.717) is 48.8 Å². The molecule has 1 N–H and O–H groups in total. The number of hydrazone groups is 1. The van der Waals surface area contributed by atoms with Gasteiger partial charge >= 0.3 is 0 Å². The Hall–Kier alpha value is -2.96. The van der Waals surface area contributed by atoms with Crippen LogP contribution in [0.4, 0.5) is 0 Å². The molecular weight excluding hydrogens is 518 g/mol. The average molecular weight is 546 g/mol. The second-order valence-electron chi connectivity index (χ2n) is 9.02. The van der Waals surface area contributed by atoms with Crippen molar-refractivity contribution >= 4 is 44.6 Å². The molecule has 0 aliphatic carbocycles. The van der Waals surface area contributed by atoms with Crippen LogP contribution in [0.3, 0.4) is 0 Å². The van der Waals surface area contributed by atoms with Crippen LogP contribution in [0.25, 0.3) is 10.9 Å². The van der Waals surface area contributed by atoms with Crippen LogP contribution in [-0.2, 0) is 30.8 Å². The van der Waals surface area contributed by atoms with Crippen LogP contribution in [0.2, 0.25) is 5.02 Å². The molecule has 1 aromatic heterocycles. The first-order valence-corrected chi connectivity index (χ1v) is 13.7. The van der Waals surface area contributed by atoms with Crippen molar-refractivity contribution in [3.63, 3.8) is 0 Å². The number of nitrogens with one attached hydrogen (secondary N) is 1. The highest BCUT2D eigenvalue weighted by atomic mass is 35.5. The molecule has 0 bridgehead atoms. The number of nitrogens with zero attached hydrogens (tertiary/aromatic N) is 4. The van der Waals surface area contributed by atoms with Gasteiger partial charge < -0.3 is 19.4 Å². The zero-order valence-corrected chi connectivity index (χ0v) is 21.9. The quantitative estimate of drug-likeness (QED) is 0.344. The molecule has 3 aromatic rings. The van der Waals surface area contributed by atoms with E-state index in [1.165, 1.54) is 4.31 Å². The van der Waals surface area contributed by atoms with Crippen molar-refractivity contribution in [3.8, 4) is 0 Å². The molecule has 2 saturated heterocycles. The van der Waals surface area contributed by atoms with Gasteiger partial charge in [0.1, 0.15) is 5.03 Å². The van der Waals surface area contributed by atoms with Gasteiger partial charge in [-0.3, -0.25) is 9.80 Å². The highest BCUT2D eigenvalue weighted by molar-refractivity contribution is 7.89. The van der Waals surface area contributed by atoms with Crippen molar-refractivity contribution in [2.75, 3.05) is 46.4 Å². The number of piperazine rings is 1. The number of halogens is 1. The summed E-state index contributed by atoms with van der Waals surface area (Å²) in [4.78, 5) is 17.4. The van der Waals surface area contributed by atoms with Gasteiger partial charge in [0.25, 0.3) is 10.0 Å². The van der Waals surface area contributed by atoms with Crippen molar-refractivity contribution in [1.82, 2.24) is 19.2 Å². The monoisotopic (exact) mass is 545 g/mol. The minimum atomic E-state index is -3.84. The SMILES string of the molecule is CN(CC1OCCO1)N=Cc1ccc(CN2CCN(S(=O)(=O)c3cc4cc(Cl)ccc4[nH]3)CC2=O)cc1. The van der Waals surface area contributed by atoms with Gasteiger partial charge in [-0.25, -0.2) is 8.42 Å². The van der Waals surface area contributed by atoms with Crippen molar-refractivity contribution in [3.05, 3.63) is 64.7 Å². The van der Waals surface area contributed by atoms with Crippen LogP contribution >= 0.6 is 11.6 Å². The first-order valence-electron chi connectivity index (χ1n) is 11.9. The largest absolute Gasteiger partial charge is 0.348 e. The number of ether oxygens (including phenoxy) is 2. The van der Waals surface area contributed by atoms with Gasteiger partial charge in [0.15, 0.2) is 6.29 Å². The predicted octanol–water partition coefficient (Wildman–Crippen LogP) is 2.49. The highest BCUT2D eigenvalue weighted by Gasteiger charge is 2.33. The molecule has 37 heavy (non-hydrogen) atoms. The fraction of sp³-hybridized carbons (Fsp3) is 0.360. The third-order valence-corrected chi connectivity index (χ3v) is 8.32. The normalized spacial score (nSPS) is 17.9. The molecule has 0 radical (unpaired) electrons. The zero-order valence-electron chi connectivity index (χ0n) is 20.3. The van der Waals surface area contributed by atoms with Gasteiger partial charge in [0.2, 0.25) is 5.91 Å². The lowest BCUT2D eigenvalue weighted by Gasteiger charge is -2.33. The molecule has 2 fully saturated rings. The number of aromatic amines is 1. The summed E-state index contributed by atoms with van der Waals surface area (Å²) >= 11 is 6.02. The summed E-state index contributed by atoms with van der Waals surface area (Å²) in [6, 6.07) is 14.4. The zero-order chi connectivity index (χ0) is 26.0. The third-order valence-electron chi connectivity index (χ3n) is 6.32. The number of amides is 1. The van der Waals surface area contributed by atoms with Gasteiger partial charge in [-0.1, -0.05) is 35.9 Å². The van der Waals surface area contributed by atoms with E-state index in [0.717, 1.165) is 11.1 Å². The molecule has 12 heteroatoms. The first-order chi connectivity index (χ1) is 17.8. The molecule has 1 amide bonds. The van der Waals surface area contributed by atoms with Crippen molar-refractivity contribution in [2.24, 2.45) is 5.10 Å². The topological polar surface area (TPSA) is 108 Å². The van der Waals surface area contributed by atoms with Gasteiger partial charge in [-0.15, -0.1) is 0 Å². The lowest BCUT2D eigenvalue weighted by molar-refractivity contribution is -0.134. The molecule has 2 aromatic carbocycles. The van der Waals surface area contributed by atoms with Crippen LogP contribution in [0.5, 0.6) is 0 Å². The number of likely N-dealkylation sites (N-methyl/N-ethyl adjacent to an activating group) is 1. The van der Waals surface area contributed by atoms with Crippen molar-refractivity contribution in [1.29, 1.82) is 0 Å². The molecule has 2 aliphatic heterocycles. The molecule has 0 spiro atoms. The number of benzene rings is 2. The van der Waals surface area contributed by atoms with Gasteiger partial charge in [-0.05, 0) is 35.4 Å². The highest BCUT2D eigenvalue weighted by Crippen LogP contribution is 2.25. The molecule has 0 saturated carbocycles. The lowest BCUT2D eigenvalue weighted by atomic mass is 10.1. The number of carbonyl (C=O) groups excluding carboxylic acids is 1. The third kappa shape index (κ3) is 5.97. The number of hydrogen-bond donors (Lipinski definition) is 1. The minimum Gasteiger partial charge on any atom is -0.348 e. The Morgan fingerprint density at radius 2 is 1.89 bits per heavy atom. The van der Waals surface area contributed by atoms with Gasteiger partial charge in [0.05, 0.1) is 32.5 Å². The van der Waals surface area contributed by atoms with E-state index in [1.54, 1.807) is 40.4 Å². The summed E-state index contributed by atoms with van der Waals surface area (Å²) in [5.74, 6) is -0.238. The van der Waals surface area contributed by atoms with Crippen LogP contribution in [0.1, 0.15) is 11.1 Å². The summed E-state index contributed by atoms with van der Waals surface area (Å²) in [7, 11) is -1.98. The number of hydrogen-bond acceptors (Lipinski definition) is 7. The van der Waals surface area contributed by atoms with E-state index in [2.05, 4.69) is 10.1 Å². The maximum Gasteiger partial charge on any atom is 0.259 e. The van der Waals surface area contributed by atoms with E-state index >= 15 is 0 Å². The Labute approximate surface area is 220 Å². The number of fused-ring (bicyclic) bond motifs is 1. The smallest absolute Gasteiger partial charge is 0.259 e. The maximum atomic E-state index is 13.2. The molecular formula is C25H28ClN5O5S. The van der Waals surface area contributed by atoms with Crippen molar-refractivity contribution < 1.29 is 22.7 Å². The van der Waals surface area contributed by atoms with Crippen LogP contribution in [0, 0.1) is 0 Å². The first kappa shape index (κ1) is 25.7. The molecule has 0 atom stereocenters. The summed E-state index contributed by atoms with van der Waals surface area (Å²) in [6.45, 7) is 2.50. The summed E-state index contributed by atoms with van der Waals surface area (Å²) in [5.41, 5.74) is 2.55. The number of aromatic nitrogens is 1. The fourth-order valence-electron chi connectivity index (χ4n) is 4.28. The number of rotatable bonds is 8. The number of H-pyrrole nitrogens is 1. The van der Waals surface area contributed by atoms with Crippen LogP contribution in [0.15, 0.2) is 58.7 Å². The minimum absolute atomic E-state index is 0.0530. The Bertz CT molecular complexity index is 1400. The Balaban J connectivity index is 1.16. The van der Waals surface area contributed by atoms with Gasteiger partial charge in [0, 0.05) is 42.6 Å². The number of sulfonamides is 1. The summed E-state index contributed by atoms with van der Waals surface area (Å²) in [5, 5.41) is 7.45. The fourth-order valence-corrected chi connectivity index (χ4v) is 5.86. The Kier molecular flexibility index (Phi) is 7.50. The van der Waals surface area contributed by atoms with E-state index in [4.69, 9.17) is 21.1 Å². The van der Waals surface area contributed by atoms with E-state index in [-0.39, 0.29) is 30.3 Å². The molecule has 196 valence electrons. The Morgan fingerprint density at radius 3 is 2.62 bits per heavy atom. The second kappa shape index (κ2) is 10.8. The molecule has 5 rings (SSSR count). The molecule has 10 nitrogen and oxygen atoms in total. The molecule has 3 heterocycles. The average Bonchev–Trinajstić information content (AvgIpc) is 3.54. The predicted molar refractivity (Wildman–Crippen MR) is 140 cm³/mol. The van der Waals surface area contributed by atoms with E-state index < -0.39 is 10.0 Å². The summed E-state index contributed by atoms with van der Waals surface area (Å²) in [6.07, 6.45) is 1.50. The van der Waals surface area contributed by atoms with E-state index in [9.17, 15) is 13.2 Å². The maximum absolute atomic E-state index is 13.2. The molecule has 2 aliphatic rings. The van der Waals surface area contributed by atoms with E-state index in [1.807, 2.05) is 31.3 Å². The van der Waals surface area contributed by atoms with Crippen molar-refractivity contribution in [2.45, 2.75) is 17.9 Å². The standard InChI is InChI=1S/C25H28ClN5O5S/c1-29(17-25-35-10-11-36-25)27-14-18-2-4-19(5-3-18)15-30-8-9-31(16-24(30)32)37(33,34)23-13-20-12-21(26)6-7-22(20)28-23/h2-7,12-14,25,28H,8-11,15-17H2,1H3.